The molecule has 0 bridgehead atoms. The fraction of sp³-hybridized carbons (Fsp3) is 0.192. The highest BCUT2D eigenvalue weighted by molar-refractivity contribution is 6.13. The number of benzene rings is 3. The van der Waals surface area contributed by atoms with E-state index in [1.165, 1.54) is 12.1 Å². The molecule has 172 valence electrons. The molecule has 7 nitrogen and oxygen atoms in total. The molecular formula is C26H22FN3O4. The first-order valence-corrected chi connectivity index (χ1v) is 10.9. The lowest BCUT2D eigenvalue weighted by molar-refractivity contribution is -0.129. The highest BCUT2D eigenvalue weighted by atomic mass is 19.1. The summed E-state index contributed by atoms with van der Waals surface area (Å²) in [6.45, 7) is 0.314. The van der Waals surface area contributed by atoms with Crippen LogP contribution in [0.4, 0.5) is 14.9 Å². The Morgan fingerprint density at radius 2 is 1.74 bits per heavy atom. The summed E-state index contributed by atoms with van der Waals surface area (Å²) in [5.74, 6) is -0.812. The number of carbonyl (C=O) groups is 2. The molecule has 2 amide bonds. The number of halogens is 1. The average Bonchev–Trinajstić information content (AvgIpc) is 3.48. The smallest absolute Gasteiger partial charge is 0.416 e. The Kier molecular flexibility index (Phi) is 5.71. The third kappa shape index (κ3) is 3.77. The molecule has 8 heteroatoms. The predicted octanol–water partition coefficient (Wildman–Crippen LogP) is 4.19. The number of imide groups is 1. The van der Waals surface area contributed by atoms with Crippen LogP contribution >= 0.6 is 0 Å². The van der Waals surface area contributed by atoms with E-state index in [1.54, 1.807) is 24.3 Å². The van der Waals surface area contributed by atoms with Gasteiger partial charge in [-0.3, -0.25) is 9.80 Å². The largest absolute Gasteiger partial charge is 0.496 e. The first-order valence-electron chi connectivity index (χ1n) is 10.9. The van der Waals surface area contributed by atoms with Gasteiger partial charge in [-0.05, 0) is 35.9 Å². The van der Waals surface area contributed by atoms with Crippen molar-refractivity contribution >= 4 is 23.4 Å². The van der Waals surface area contributed by atoms with E-state index in [0.717, 1.165) is 10.5 Å². The van der Waals surface area contributed by atoms with E-state index in [9.17, 15) is 14.0 Å². The summed E-state index contributed by atoms with van der Waals surface area (Å²) in [4.78, 5) is 27.3. The number of rotatable bonds is 5. The zero-order valence-electron chi connectivity index (χ0n) is 18.4. The summed E-state index contributed by atoms with van der Waals surface area (Å²) in [5.41, 5.74) is 2.65. The first kappa shape index (κ1) is 21.6. The molecule has 0 N–H and O–H groups in total. The summed E-state index contributed by atoms with van der Waals surface area (Å²) in [7, 11) is 1.56. The van der Waals surface area contributed by atoms with Gasteiger partial charge in [0.2, 0.25) is 0 Å². The number of ether oxygens (including phenoxy) is 2. The molecule has 0 radical (unpaired) electrons. The van der Waals surface area contributed by atoms with E-state index in [4.69, 9.17) is 14.6 Å². The van der Waals surface area contributed by atoms with Crippen molar-refractivity contribution in [1.29, 1.82) is 0 Å². The van der Waals surface area contributed by atoms with Gasteiger partial charge in [-0.1, -0.05) is 48.5 Å². The molecule has 5 rings (SSSR count). The molecule has 2 atom stereocenters. The Labute approximate surface area is 196 Å². The number of para-hydroxylation sites is 2. The summed E-state index contributed by atoms with van der Waals surface area (Å²) in [6, 6.07) is 21.8. The van der Waals surface area contributed by atoms with E-state index in [-0.39, 0.29) is 19.0 Å². The Bertz CT molecular complexity index is 1250. The molecule has 34 heavy (non-hydrogen) atoms. The number of anilines is 1. The van der Waals surface area contributed by atoms with Gasteiger partial charge in [0.05, 0.1) is 31.0 Å². The van der Waals surface area contributed by atoms with Gasteiger partial charge in [0.25, 0.3) is 5.91 Å². The third-order valence-electron chi connectivity index (χ3n) is 6.00. The molecule has 2 heterocycles. The Morgan fingerprint density at radius 1 is 1.03 bits per heavy atom. The van der Waals surface area contributed by atoms with Gasteiger partial charge in [0.1, 0.15) is 24.2 Å². The van der Waals surface area contributed by atoms with Crippen molar-refractivity contribution < 1.29 is 23.5 Å². The molecule has 0 spiro atoms. The van der Waals surface area contributed by atoms with Crippen LogP contribution < -0.4 is 9.75 Å². The molecule has 0 aliphatic carbocycles. The molecule has 3 aromatic carbocycles. The Hall–Kier alpha value is -4.20. The monoisotopic (exact) mass is 459 g/mol. The highest BCUT2D eigenvalue weighted by Crippen LogP contribution is 2.41. The minimum Gasteiger partial charge on any atom is -0.496 e. The number of amides is 2. The molecule has 2 aliphatic rings. The maximum absolute atomic E-state index is 13.9. The number of cyclic esters (lactones) is 1. The number of carbonyl (C=O) groups excluding carboxylic acids is 2. The van der Waals surface area contributed by atoms with E-state index in [2.05, 4.69) is 0 Å². The molecular weight excluding hydrogens is 437 g/mol. The van der Waals surface area contributed by atoms with Crippen molar-refractivity contribution in [2.24, 2.45) is 5.10 Å². The van der Waals surface area contributed by atoms with Crippen molar-refractivity contribution in [1.82, 2.24) is 4.90 Å². The van der Waals surface area contributed by atoms with E-state index in [0.29, 0.717) is 22.7 Å². The number of hydrogen-bond acceptors (Lipinski definition) is 6. The lowest BCUT2D eigenvalue weighted by Crippen LogP contribution is -2.48. The predicted molar refractivity (Wildman–Crippen MR) is 124 cm³/mol. The van der Waals surface area contributed by atoms with Crippen LogP contribution in [0.3, 0.4) is 0 Å². The standard InChI is InChI=1S/C26H22FN3O4/c1-33-21-10-6-5-9-20(21)22-23(17-11-13-18(27)14-12-17)28-30(19-7-3-2-4-8-19)24(22)25(31)29-15-16-34-26(29)32/h2-14,22,24H,15-16H2,1H3/t22-,24-/m1/s1. The first-order chi connectivity index (χ1) is 16.6. The summed E-state index contributed by atoms with van der Waals surface area (Å²) < 4.78 is 24.4. The maximum atomic E-state index is 13.9. The second kappa shape index (κ2) is 8.97. The van der Waals surface area contributed by atoms with Crippen LogP contribution in [0, 0.1) is 5.82 Å². The van der Waals surface area contributed by atoms with Crippen LogP contribution in [-0.2, 0) is 9.53 Å². The Balaban J connectivity index is 1.71. The summed E-state index contributed by atoms with van der Waals surface area (Å²) in [5, 5.41) is 6.49. The van der Waals surface area contributed by atoms with E-state index < -0.39 is 24.0 Å². The zero-order chi connectivity index (χ0) is 23.7. The fourth-order valence-electron chi connectivity index (χ4n) is 4.43. The van der Waals surface area contributed by atoms with Gasteiger partial charge >= 0.3 is 6.09 Å². The van der Waals surface area contributed by atoms with Crippen LogP contribution in [0.15, 0.2) is 84.0 Å². The van der Waals surface area contributed by atoms with Crippen LogP contribution in [0.25, 0.3) is 0 Å². The van der Waals surface area contributed by atoms with Crippen LogP contribution in [0.2, 0.25) is 0 Å². The topological polar surface area (TPSA) is 71.4 Å². The van der Waals surface area contributed by atoms with Crippen molar-refractivity contribution in [3.05, 3.63) is 95.8 Å². The molecule has 1 saturated heterocycles. The third-order valence-corrected chi connectivity index (χ3v) is 6.00. The second-order valence-corrected chi connectivity index (χ2v) is 7.94. The normalized spacial score (nSPS) is 19.7. The maximum Gasteiger partial charge on any atom is 0.416 e. The fourth-order valence-corrected chi connectivity index (χ4v) is 4.43. The number of methoxy groups -OCH3 is 1. The van der Waals surface area contributed by atoms with Gasteiger partial charge in [-0.2, -0.15) is 5.10 Å². The highest BCUT2D eigenvalue weighted by Gasteiger charge is 2.48. The van der Waals surface area contributed by atoms with Gasteiger partial charge in [-0.25, -0.2) is 14.1 Å². The molecule has 0 aromatic heterocycles. The van der Waals surface area contributed by atoms with Crippen molar-refractivity contribution in [3.8, 4) is 5.75 Å². The number of nitrogens with zero attached hydrogens (tertiary/aromatic N) is 3. The molecule has 0 unspecified atom stereocenters. The average molecular weight is 459 g/mol. The van der Waals surface area contributed by atoms with Gasteiger partial charge in [0.15, 0.2) is 0 Å². The summed E-state index contributed by atoms with van der Waals surface area (Å²) in [6.07, 6.45) is -0.674. The van der Waals surface area contributed by atoms with E-state index in [1.807, 2.05) is 54.6 Å². The van der Waals surface area contributed by atoms with Crippen molar-refractivity contribution in [2.75, 3.05) is 25.3 Å². The molecule has 3 aromatic rings. The van der Waals surface area contributed by atoms with Crippen LogP contribution in [-0.4, -0.2) is 48.9 Å². The summed E-state index contributed by atoms with van der Waals surface area (Å²) >= 11 is 0. The Morgan fingerprint density at radius 3 is 2.41 bits per heavy atom. The van der Waals surface area contributed by atoms with Crippen LogP contribution in [0.5, 0.6) is 5.75 Å². The van der Waals surface area contributed by atoms with Crippen molar-refractivity contribution in [3.63, 3.8) is 0 Å². The molecule has 2 aliphatic heterocycles. The van der Waals surface area contributed by atoms with Gasteiger partial charge < -0.3 is 9.47 Å². The molecule has 0 saturated carbocycles. The zero-order valence-corrected chi connectivity index (χ0v) is 18.4. The van der Waals surface area contributed by atoms with Gasteiger partial charge in [-0.15, -0.1) is 0 Å². The lowest BCUT2D eigenvalue weighted by atomic mass is 9.83. The minimum atomic E-state index is -0.885. The lowest BCUT2D eigenvalue weighted by Gasteiger charge is -2.30. The second-order valence-electron chi connectivity index (χ2n) is 7.94. The van der Waals surface area contributed by atoms with Crippen molar-refractivity contribution in [2.45, 2.75) is 12.0 Å². The SMILES string of the molecule is COc1ccccc1[C@@H]1C(c2ccc(F)cc2)=NN(c2ccccc2)[C@H]1C(=O)N1CCOC1=O. The number of hydrogen-bond donors (Lipinski definition) is 0. The van der Waals surface area contributed by atoms with Crippen LogP contribution in [0.1, 0.15) is 17.0 Å². The molecule has 1 fully saturated rings. The number of hydrazone groups is 1. The minimum absolute atomic E-state index is 0.146. The van der Waals surface area contributed by atoms with Gasteiger partial charge in [0, 0.05) is 5.56 Å². The van der Waals surface area contributed by atoms with E-state index >= 15 is 0 Å². The quantitative estimate of drug-likeness (QED) is 0.572.